The summed E-state index contributed by atoms with van der Waals surface area (Å²) in [6.45, 7) is 6.96. The first-order valence-electron chi connectivity index (χ1n) is 10.6. The molecule has 2 heterocycles. The third kappa shape index (κ3) is 7.10. The summed E-state index contributed by atoms with van der Waals surface area (Å²) < 4.78 is 26.7. The summed E-state index contributed by atoms with van der Waals surface area (Å²) in [5.41, 5.74) is 0.378. The van der Waals surface area contributed by atoms with Crippen LogP contribution < -0.4 is 14.4 Å². The number of nitrogens with zero attached hydrogens (tertiary/aromatic N) is 3. The number of hydrogen-bond acceptors (Lipinski definition) is 6. The average molecular weight is 491 g/mol. The van der Waals surface area contributed by atoms with Gasteiger partial charge in [0.15, 0.2) is 0 Å². The number of carbonyl (C=O) groups excluding carboxylic acids is 1. The van der Waals surface area contributed by atoms with Crippen molar-refractivity contribution in [3.8, 4) is 5.88 Å². The Bertz CT molecular complexity index is 876. The number of halogens is 1. The number of ether oxygens (including phenoxy) is 2. The van der Waals surface area contributed by atoms with Crippen molar-refractivity contribution in [3.63, 3.8) is 0 Å². The number of likely N-dealkylation sites (tertiary alicyclic amines) is 1. The second-order valence-electron chi connectivity index (χ2n) is 7.65. The van der Waals surface area contributed by atoms with Gasteiger partial charge < -0.3 is 9.64 Å². The Morgan fingerprint density at radius 1 is 1.29 bits per heavy atom. The summed E-state index contributed by atoms with van der Waals surface area (Å²) >= 11 is 0.0110. The Kier molecular flexibility index (Phi) is 8.52. The van der Waals surface area contributed by atoms with Gasteiger partial charge in [0.1, 0.15) is 0 Å². The van der Waals surface area contributed by atoms with E-state index in [1.165, 1.54) is 6.33 Å². The van der Waals surface area contributed by atoms with E-state index in [1.54, 1.807) is 23.1 Å². The number of benzene rings is 1. The molecule has 0 aliphatic carbocycles. The SMILES string of the molecule is CCC[As]c1ccc(Nc2cc(OC3CCN(C(=O)OC(C)C)CC3)ncn2)c(F)c1. The number of carbonyl (C=O) groups is 1. The Labute approximate surface area is 189 Å². The van der Waals surface area contributed by atoms with Crippen LogP contribution in [-0.2, 0) is 4.74 Å². The maximum absolute atomic E-state index is 14.5. The van der Waals surface area contributed by atoms with Crippen LogP contribution in [0, 0.1) is 5.82 Å². The molecule has 0 spiro atoms. The second kappa shape index (κ2) is 11.3. The Morgan fingerprint density at radius 2 is 2.06 bits per heavy atom. The van der Waals surface area contributed by atoms with Gasteiger partial charge in [-0.3, -0.25) is 0 Å². The molecule has 1 radical (unpaired) electrons. The molecule has 2 aromatic rings. The fourth-order valence-electron chi connectivity index (χ4n) is 3.16. The van der Waals surface area contributed by atoms with Crippen molar-refractivity contribution < 1.29 is 18.7 Å². The fraction of sp³-hybridized carbons (Fsp3) is 0.500. The molecule has 0 bridgehead atoms. The molecule has 167 valence electrons. The molecule has 0 unspecified atom stereocenters. The van der Waals surface area contributed by atoms with Crippen molar-refractivity contribution in [1.29, 1.82) is 0 Å². The summed E-state index contributed by atoms with van der Waals surface area (Å²) in [6, 6.07) is 6.99. The third-order valence-corrected chi connectivity index (χ3v) is 7.46. The minimum absolute atomic E-state index is 0.0110. The summed E-state index contributed by atoms with van der Waals surface area (Å²) in [5.74, 6) is 0.604. The quantitative estimate of drug-likeness (QED) is 0.565. The summed E-state index contributed by atoms with van der Waals surface area (Å²) in [5, 5.41) is 4.14. The van der Waals surface area contributed by atoms with Gasteiger partial charge in [0, 0.05) is 0 Å². The molecule has 1 saturated heterocycles. The number of amides is 1. The molecule has 1 amide bonds. The van der Waals surface area contributed by atoms with E-state index >= 15 is 0 Å². The van der Waals surface area contributed by atoms with Gasteiger partial charge in [-0.25, -0.2) is 4.79 Å². The van der Waals surface area contributed by atoms with Crippen LogP contribution in [0.3, 0.4) is 0 Å². The second-order valence-corrected chi connectivity index (χ2v) is 10.3. The van der Waals surface area contributed by atoms with Crippen LogP contribution in [0.5, 0.6) is 5.88 Å². The molecule has 9 heteroatoms. The maximum atomic E-state index is 14.5. The van der Waals surface area contributed by atoms with E-state index in [1.807, 2.05) is 19.9 Å². The van der Waals surface area contributed by atoms with E-state index in [4.69, 9.17) is 9.47 Å². The van der Waals surface area contributed by atoms with E-state index in [9.17, 15) is 9.18 Å². The van der Waals surface area contributed by atoms with Gasteiger partial charge >= 0.3 is 155 Å². The summed E-state index contributed by atoms with van der Waals surface area (Å²) in [4.78, 5) is 22.0. The molecule has 7 nitrogen and oxygen atoms in total. The number of aromatic nitrogens is 2. The zero-order valence-corrected chi connectivity index (χ0v) is 20.1. The average Bonchev–Trinajstić information content (AvgIpc) is 2.74. The number of nitrogens with one attached hydrogen (secondary N) is 1. The number of hydrogen-bond donors (Lipinski definition) is 1. The van der Waals surface area contributed by atoms with Gasteiger partial charge in [0.05, 0.1) is 6.10 Å². The Morgan fingerprint density at radius 3 is 2.74 bits per heavy atom. The van der Waals surface area contributed by atoms with Crippen molar-refractivity contribution >= 4 is 37.7 Å². The number of anilines is 2. The molecule has 31 heavy (non-hydrogen) atoms. The first kappa shape index (κ1) is 23.3. The van der Waals surface area contributed by atoms with Crippen molar-refractivity contribution in [2.75, 3.05) is 18.4 Å². The van der Waals surface area contributed by atoms with Crippen LogP contribution in [-0.4, -0.2) is 62.0 Å². The van der Waals surface area contributed by atoms with Crippen LogP contribution in [0.4, 0.5) is 20.7 Å². The molecule has 3 rings (SSSR count). The predicted octanol–water partition coefficient (Wildman–Crippen LogP) is 3.91. The third-order valence-electron chi connectivity index (χ3n) is 4.70. The van der Waals surface area contributed by atoms with Gasteiger partial charge in [-0.05, 0) is 13.8 Å². The number of rotatable bonds is 8. The van der Waals surface area contributed by atoms with Crippen molar-refractivity contribution in [3.05, 3.63) is 36.4 Å². The van der Waals surface area contributed by atoms with Gasteiger partial charge in [-0.2, -0.15) is 0 Å². The molecule has 1 N–H and O–H groups in total. The molecule has 1 aliphatic rings. The van der Waals surface area contributed by atoms with Crippen LogP contribution in [0.2, 0.25) is 5.21 Å². The molecule has 1 aliphatic heterocycles. The standard InChI is InChI=1S/C22H29AsFN4O3/c1-4-9-23-16-5-6-19(18(24)12-16)27-20-13-21(26-14-25-20)31-17-7-10-28(11-8-17)22(29)30-15(2)3/h5-6,12-15,17H,4,7-11H2,1-3H3,(H,25,26,27). The van der Waals surface area contributed by atoms with Gasteiger partial charge in [0.2, 0.25) is 0 Å². The van der Waals surface area contributed by atoms with Crippen molar-refractivity contribution in [2.24, 2.45) is 0 Å². The van der Waals surface area contributed by atoms with Gasteiger partial charge in [-0.1, -0.05) is 0 Å². The zero-order valence-electron chi connectivity index (χ0n) is 18.2. The van der Waals surface area contributed by atoms with Crippen molar-refractivity contribution in [1.82, 2.24) is 14.9 Å². The van der Waals surface area contributed by atoms with E-state index in [-0.39, 0.29) is 39.9 Å². The molecule has 1 fully saturated rings. The molecule has 0 saturated carbocycles. The van der Waals surface area contributed by atoms with Crippen LogP contribution in [0.1, 0.15) is 40.0 Å². The summed E-state index contributed by atoms with van der Waals surface area (Å²) in [7, 11) is 0. The molecule has 1 aromatic heterocycles. The monoisotopic (exact) mass is 491 g/mol. The summed E-state index contributed by atoms with van der Waals surface area (Å²) in [6.07, 6.45) is 3.42. The van der Waals surface area contributed by atoms with Gasteiger partial charge in [-0.15, -0.1) is 0 Å². The fourth-order valence-corrected chi connectivity index (χ4v) is 4.98. The first-order chi connectivity index (χ1) is 14.9. The first-order valence-corrected chi connectivity index (χ1v) is 12.9. The van der Waals surface area contributed by atoms with E-state index in [0.29, 0.717) is 43.3 Å². The number of piperidine rings is 1. The van der Waals surface area contributed by atoms with E-state index < -0.39 is 0 Å². The molecular weight excluding hydrogens is 462 g/mol. The Hall–Kier alpha value is -2.34. The predicted molar refractivity (Wildman–Crippen MR) is 119 cm³/mol. The Balaban J connectivity index is 1.55. The normalized spacial score (nSPS) is 14.9. The van der Waals surface area contributed by atoms with Gasteiger partial charge in [0.25, 0.3) is 0 Å². The van der Waals surface area contributed by atoms with E-state index in [0.717, 1.165) is 16.0 Å². The molecular formula is C22H29AsFN4O3. The topological polar surface area (TPSA) is 76.6 Å². The zero-order chi connectivity index (χ0) is 22.2. The minimum atomic E-state index is -0.286. The van der Waals surface area contributed by atoms with Crippen LogP contribution >= 0.6 is 0 Å². The van der Waals surface area contributed by atoms with Crippen LogP contribution in [0.15, 0.2) is 30.6 Å². The van der Waals surface area contributed by atoms with Crippen LogP contribution in [0.25, 0.3) is 0 Å². The van der Waals surface area contributed by atoms with E-state index in [2.05, 4.69) is 22.2 Å². The molecule has 0 atom stereocenters. The van der Waals surface area contributed by atoms with Crippen molar-refractivity contribution in [2.45, 2.75) is 57.5 Å². The molecule has 1 aromatic carbocycles.